The van der Waals surface area contributed by atoms with Gasteiger partial charge < -0.3 is 16.0 Å². The van der Waals surface area contributed by atoms with Gasteiger partial charge in [0, 0.05) is 18.7 Å². The molecule has 9 nitrogen and oxygen atoms in total. The van der Waals surface area contributed by atoms with Crippen molar-refractivity contribution in [2.45, 2.75) is 26.3 Å². The van der Waals surface area contributed by atoms with E-state index < -0.39 is 5.91 Å². The molecule has 0 saturated heterocycles. The molecule has 2 aromatic carbocycles. The van der Waals surface area contributed by atoms with Gasteiger partial charge in [0.25, 0.3) is 0 Å². The molecule has 0 spiro atoms. The van der Waals surface area contributed by atoms with Crippen molar-refractivity contribution in [3.8, 4) is 22.5 Å². The van der Waals surface area contributed by atoms with E-state index in [2.05, 4.69) is 25.9 Å². The predicted octanol–water partition coefficient (Wildman–Crippen LogP) is 2.33. The number of tetrazole rings is 1. The summed E-state index contributed by atoms with van der Waals surface area (Å²) in [6.45, 7) is 2.76. The van der Waals surface area contributed by atoms with E-state index in [4.69, 9.17) is 5.73 Å². The van der Waals surface area contributed by atoms with Crippen LogP contribution in [0.3, 0.4) is 0 Å². The van der Waals surface area contributed by atoms with Gasteiger partial charge in [0.15, 0.2) is 0 Å². The lowest BCUT2D eigenvalue weighted by Crippen LogP contribution is -2.44. The van der Waals surface area contributed by atoms with Gasteiger partial charge >= 0.3 is 6.03 Å². The fourth-order valence-corrected chi connectivity index (χ4v) is 3.09. The number of hydrogen-bond donors (Lipinski definition) is 3. The van der Waals surface area contributed by atoms with Gasteiger partial charge in [-0.15, -0.1) is 10.2 Å². The summed E-state index contributed by atoms with van der Waals surface area (Å²) in [6.07, 6.45) is 1.85. The Morgan fingerprint density at radius 3 is 2.47 bits per heavy atom. The number of H-pyrrole nitrogens is 1. The lowest BCUT2D eigenvalue weighted by atomic mass is 9.98. The van der Waals surface area contributed by atoms with Crippen LogP contribution in [0.2, 0.25) is 0 Å². The van der Waals surface area contributed by atoms with Crippen molar-refractivity contribution in [2.75, 3.05) is 13.1 Å². The Bertz CT molecular complexity index is 971. The van der Waals surface area contributed by atoms with Crippen molar-refractivity contribution < 1.29 is 9.59 Å². The Balaban J connectivity index is 1.76. The van der Waals surface area contributed by atoms with Gasteiger partial charge in [-0.05, 0) is 28.3 Å². The number of unbranched alkanes of at least 4 members (excludes halogenated alkanes) is 1. The molecule has 0 atom stereocenters. The highest BCUT2D eigenvalue weighted by atomic mass is 16.2. The summed E-state index contributed by atoms with van der Waals surface area (Å²) >= 11 is 0. The number of aromatic amines is 1. The molecule has 0 unspecified atom stereocenters. The van der Waals surface area contributed by atoms with Gasteiger partial charge in [0.1, 0.15) is 6.54 Å². The van der Waals surface area contributed by atoms with E-state index in [1.165, 1.54) is 4.90 Å². The first-order chi connectivity index (χ1) is 14.6. The second-order valence-electron chi connectivity index (χ2n) is 6.89. The smallest absolute Gasteiger partial charge is 0.318 e. The quantitative estimate of drug-likeness (QED) is 0.469. The van der Waals surface area contributed by atoms with Gasteiger partial charge in [-0.2, -0.15) is 5.21 Å². The van der Waals surface area contributed by atoms with Crippen molar-refractivity contribution in [3.63, 3.8) is 0 Å². The molecule has 0 saturated carbocycles. The molecule has 0 radical (unpaired) electrons. The lowest BCUT2D eigenvalue weighted by Gasteiger charge is -2.22. The minimum Gasteiger partial charge on any atom is -0.368 e. The van der Waals surface area contributed by atoms with Gasteiger partial charge in [-0.25, -0.2) is 4.79 Å². The number of benzene rings is 2. The van der Waals surface area contributed by atoms with E-state index in [1.807, 2.05) is 55.5 Å². The summed E-state index contributed by atoms with van der Waals surface area (Å²) in [6, 6.07) is 15.3. The number of primary amides is 1. The number of carbonyl (C=O) groups excluding carboxylic acids is 2. The van der Waals surface area contributed by atoms with Crippen LogP contribution >= 0.6 is 0 Å². The largest absolute Gasteiger partial charge is 0.368 e. The van der Waals surface area contributed by atoms with Crippen LogP contribution in [0, 0.1) is 0 Å². The summed E-state index contributed by atoms with van der Waals surface area (Å²) in [4.78, 5) is 25.2. The maximum absolute atomic E-state index is 12.4. The van der Waals surface area contributed by atoms with E-state index >= 15 is 0 Å². The molecule has 0 aliphatic carbocycles. The van der Waals surface area contributed by atoms with E-state index in [9.17, 15) is 9.59 Å². The van der Waals surface area contributed by atoms with E-state index in [-0.39, 0.29) is 19.1 Å². The molecule has 0 aliphatic heterocycles. The third-order valence-electron chi connectivity index (χ3n) is 4.59. The zero-order valence-corrected chi connectivity index (χ0v) is 16.8. The van der Waals surface area contributed by atoms with Crippen LogP contribution in [0.25, 0.3) is 22.5 Å². The Kier molecular flexibility index (Phi) is 7.09. The summed E-state index contributed by atoms with van der Waals surface area (Å²) < 4.78 is 0. The highest BCUT2D eigenvalue weighted by Crippen LogP contribution is 2.29. The average molecular weight is 407 g/mol. The zero-order chi connectivity index (χ0) is 21.3. The van der Waals surface area contributed by atoms with Crippen LogP contribution in [-0.2, 0) is 11.3 Å². The Labute approximate surface area is 174 Å². The van der Waals surface area contributed by atoms with E-state index in [0.29, 0.717) is 12.4 Å². The van der Waals surface area contributed by atoms with Crippen molar-refractivity contribution in [1.82, 2.24) is 30.8 Å². The third kappa shape index (κ3) is 5.40. The minimum atomic E-state index is -0.550. The highest BCUT2D eigenvalue weighted by molar-refractivity contribution is 5.83. The van der Waals surface area contributed by atoms with E-state index in [1.54, 1.807) is 0 Å². The average Bonchev–Trinajstić information content (AvgIpc) is 3.28. The summed E-state index contributed by atoms with van der Waals surface area (Å²) in [5.41, 5.74) is 9.03. The molecule has 1 aromatic heterocycles. The molecule has 1 heterocycles. The minimum absolute atomic E-state index is 0.139. The molecule has 0 fully saturated rings. The monoisotopic (exact) mass is 407 g/mol. The SMILES string of the molecule is CCCCNC(=O)N(CC(N)=O)Cc1ccc(-c2ccccc2-c2nn[nH]n2)cc1. The van der Waals surface area contributed by atoms with Crippen LogP contribution in [0.4, 0.5) is 4.79 Å². The van der Waals surface area contributed by atoms with Crippen LogP contribution in [0.5, 0.6) is 0 Å². The summed E-state index contributed by atoms with van der Waals surface area (Å²) in [7, 11) is 0. The molecule has 30 heavy (non-hydrogen) atoms. The van der Waals surface area contributed by atoms with E-state index in [0.717, 1.165) is 35.1 Å². The Hall–Kier alpha value is -3.75. The third-order valence-corrected chi connectivity index (χ3v) is 4.59. The van der Waals surface area contributed by atoms with Crippen molar-refractivity contribution in [3.05, 3.63) is 54.1 Å². The number of carbonyl (C=O) groups is 2. The highest BCUT2D eigenvalue weighted by Gasteiger charge is 2.16. The fraction of sp³-hybridized carbons (Fsp3) is 0.286. The van der Waals surface area contributed by atoms with Gasteiger partial charge in [0.05, 0.1) is 0 Å². The maximum atomic E-state index is 12.4. The van der Waals surface area contributed by atoms with Gasteiger partial charge in [-0.1, -0.05) is 61.9 Å². The molecule has 0 bridgehead atoms. The van der Waals surface area contributed by atoms with Crippen LogP contribution < -0.4 is 11.1 Å². The van der Waals surface area contributed by atoms with Crippen LogP contribution in [0.1, 0.15) is 25.3 Å². The molecule has 0 aliphatic rings. The fourth-order valence-electron chi connectivity index (χ4n) is 3.09. The van der Waals surface area contributed by atoms with Gasteiger partial charge in [-0.3, -0.25) is 4.79 Å². The molecule has 3 rings (SSSR count). The topological polar surface area (TPSA) is 130 Å². The molecule has 3 aromatic rings. The summed E-state index contributed by atoms with van der Waals surface area (Å²) in [5.74, 6) is -0.0302. The number of urea groups is 1. The first kappa shape index (κ1) is 21.0. The predicted molar refractivity (Wildman–Crippen MR) is 113 cm³/mol. The number of nitrogens with zero attached hydrogens (tertiary/aromatic N) is 4. The molecule has 3 amide bonds. The molecule has 9 heteroatoms. The number of amides is 3. The Morgan fingerprint density at radius 2 is 1.83 bits per heavy atom. The van der Waals surface area contributed by atoms with Crippen LogP contribution in [-0.4, -0.2) is 50.6 Å². The number of aromatic nitrogens is 4. The van der Waals surface area contributed by atoms with Gasteiger partial charge in [0.2, 0.25) is 11.7 Å². The standard InChI is InChI=1S/C21H25N7O2/c1-2-3-12-23-21(30)28(14-19(22)29)13-15-8-10-16(11-9-15)17-6-4-5-7-18(17)20-24-26-27-25-20/h4-11H,2-3,12-14H2,1H3,(H2,22,29)(H,23,30)(H,24,25,26,27). The number of rotatable bonds is 9. The zero-order valence-electron chi connectivity index (χ0n) is 16.8. The first-order valence-electron chi connectivity index (χ1n) is 9.81. The second kappa shape index (κ2) is 10.1. The lowest BCUT2D eigenvalue weighted by molar-refractivity contribution is -0.118. The van der Waals surface area contributed by atoms with Crippen molar-refractivity contribution in [1.29, 1.82) is 0 Å². The van der Waals surface area contributed by atoms with Crippen molar-refractivity contribution in [2.24, 2.45) is 5.73 Å². The maximum Gasteiger partial charge on any atom is 0.318 e. The number of nitrogens with one attached hydrogen (secondary N) is 2. The van der Waals surface area contributed by atoms with Crippen LogP contribution in [0.15, 0.2) is 48.5 Å². The molecular formula is C21H25N7O2. The number of nitrogens with two attached hydrogens (primary N) is 1. The molecular weight excluding hydrogens is 382 g/mol. The molecule has 4 N–H and O–H groups in total. The molecule has 156 valence electrons. The second-order valence-corrected chi connectivity index (χ2v) is 6.89. The van der Waals surface area contributed by atoms with Crippen molar-refractivity contribution >= 4 is 11.9 Å². The summed E-state index contributed by atoms with van der Waals surface area (Å²) in [5, 5.41) is 17.1. The number of hydrogen-bond acceptors (Lipinski definition) is 5. The normalized spacial score (nSPS) is 10.6. The Morgan fingerprint density at radius 1 is 1.10 bits per heavy atom. The first-order valence-corrected chi connectivity index (χ1v) is 9.81.